The summed E-state index contributed by atoms with van der Waals surface area (Å²) in [7, 11) is 0. The molecule has 34 heavy (non-hydrogen) atoms. The van der Waals surface area contributed by atoms with E-state index in [4.69, 9.17) is 39.5 Å². The van der Waals surface area contributed by atoms with E-state index in [0.717, 1.165) is 22.0 Å². The van der Waals surface area contributed by atoms with E-state index in [1.807, 2.05) is 31.2 Å². The van der Waals surface area contributed by atoms with Crippen molar-refractivity contribution in [1.82, 2.24) is 9.66 Å². The Labute approximate surface area is 220 Å². The Balaban J connectivity index is 1.58. The quantitative estimate of drug-likeness (QED) is 0.213. The minimum Gasteiger partial charge on any atom is -0.487 e. The number of hydrogen-bond donors (Lipinski definition) is 0. The van der Waals surface area contributed by atoms with Crippen LogP contribution in [0.5, 0.6) is 5.75 Å². The van der Waals surface area contributed by atoms with Gasteiger partial charge in [-0.25, -0.2) is 4.98 Å². The molecule has 4 aromatic rings. The van der Waals surface area contributed by atoms with Crippen molar-refractivity contribution in [2.75, 3.05) is 0 Å². The highest BCUT2D eigenvalue weighted by Gasteiger charge is 2.11. The maximum Gasteiger partial charge on any atom is 0.282 e. The van der Waals surface area contributed by atoms with Crippen LogP contribution in [0.15, 0.2) is 69.0 Å². The third-order valence-electron chi connectivity index (χ3n) is 5.01. The summed E-state index contributed by atoms with van der Waals surface area (Å²) in [5.41, 5.74) is 2.01. The van der Waals surface area contributed by atoms with Gasteiger partial charge in [0.1, 0.15) is 18.2 Å². The fourth-order valence-electron chi connectivity index (χ4n) is 3.33. The van der Waals surface area contributed by atoms with Crippen LogP contribution in [0.4, 0.5) is 0 Å². The number of aromatic nitrogens is 2. The van der Waals surface area contributed by atoms with Gasteiger partial charge in [-0.2, -0.15) is 9.78 Å². The molecule has 0 aliphatic heterocycles. The Morgan fingerprint density at radius 2 is 1.85 bits per heavy atom. The maximum absolute atomic E-state index is 13.1. The monoisotopic (exact) mass is 577 g/mol. The largest absolute Gasteiger partial charge is 0.487 e. The van der Waals surface area contributed by atoms with Gasteiger partial charge in [-0.05, 0) is 66.1 Å². The number of benzene rings is 3. The van der Waals surface area contributed by atoms with Gasteiger partial charge in [0.15, 0.2) is 0 Å². The van der Waals surface area contributed by atoms with Gasteiger partial charge in [-0.15, -0.1) is 0 Å². The summed E-state index contributed by atoms with van der Waals surface area (Å²) in [4.78, 5) is 17.7. The molecule has 0 N–H and O–H groups in total. The zero-order chi connectivity index (χ0) is 24.2. The van der Waals surface area contributed by atoms with Gasteiger partial charge >= 0.3 is 0 Å². The molecule has 0 fully saturated rings. The molecule has 3 aromatic carbocycles. The maximum atomic E-state index is 13.1. The zero-order valence-electron chi connectivity index (χ0n) is 18.1. The smallest absolute Gasteiger partial charge is 0.282 e. The third kappa shape index (κ3) is 5.63. The molecular formula is C25H19BrCl3N3O2. The van der Waals surface area contributed by atoms with Crippen LogP contribution in [-0.2, 0) is 13.0 Å². The molecule has 0 atom stereocenters. The van der Waals surface area contributed by atoms with Gasteiger partial charge in [0.25, 0.3) is 5.56 Å². The van der Waals surface area contributed by atoms with E-state index in [1.54, 1.807) is 36.5 Å². The van der Waals surface area contributed by atoms with Crippen molar-refractivity contribution in [3.05, 3.63) is 101 Å². The van der Waals surface area contributed by atoms with E-state index < -0.39 is 0 Å². The highest BCUT2D eigenvalue weighted by Crippen LogP contribution is 2.27. The van der Waals surface area contributed by atoms with Gasteiger partial charge in [0.05, 0.1) is 32.2 Å². The molecular weight excluding hydrogens is 561 g/mol. The predicted octanol–water partition coefficient (Wildman–Crippen LogP) is 7.53. The summed E-state index contributed by atoms with van der Waals surface area (Å²) in [6.07, 6.45) is 3.04. The van der Waals surface area contributed by atoms with Crippen molar-refractivity contribution in [3.63, 3.8) is 0 Å². The summed E-state index contributed by atoms with van der Waals surface area (Å²) in [6, 6.07) is 16.1. The minimum absolute atomic E-state index is 0.223. The standard InChI is InChI=1S/C25H19BrCl3N3O2/c1-2-3-24-31-22-8-6-17(26)12-18(22)25(33)32(24)30-13-15-5-9-23(21(29)10-15)34-14-16-4-7-19(27)20(28)11-16/h4-13H,2-3,14H2,1H3. The Hall–Kier alpha value is -2.38. The lowest BCUT2D eigenvalue weighted by molar-refractivity contribution is 0.306. The highest BCUT2D eigenvalue weighted by molar-refractivity contribution is 9.10. The van der Waals surface area contributed by atoms with Crippen LogP contribution >= 0.6 is 50.7 Å². The van der Waals surface area contributed by atoms with Crippen molar-refractivity contribution >= 4 is 67.9 Å². The highest BCUT2D eigenvalue weighted by atomic mass is 79.9. The van der Waals surface area contributed by atoms with Crippen LogP contribution in [0.3, 0.4) is 0 Å². The first-order valence-corrected chi connectivity index (χ1v) is 12.4. The normalized spacial score (nSPS) is 11.4. The molecule has 1 heterocycles. The summed E-state index contributed by atoms with van der Waals surface area (Å²) < 4.78 is 7.97. The van der Waals surface area contributed by atoms with E-state index in [9.17, 15) is 4.79 Å². The first-order chi connectivity index (χ1) is 16.4. The van der Waals surface area contributed by atoms with Crippen LogP contribution < -0.4 is 10.3 Å². The van der Waals surface area contributed by atoms with Crippen LogP contribution in [-0.4, -0.2) is 15.9 Å². The number of ether oxygens (including phenoxy) is 1. The minimum atomic E-state index is -0.223. The molecule has 9 heteroatoms. The van der Waals surface area contributed by atoms with Crippen molar-refractivity contribution in [3.8, 4) is 5.75 Å². The summed E-state index contributed by atoms with van der Waals surface area (Å²) in [5, 5.41) is 6.30. The van der Waals surface area contributed by atoms with Crippen molar-refractivity contribution in [2.24, 2.45) is 5.10 Å². The molecule has 5 nitrogen and oxygen atoms in total. The molecule has 4 rings (SSSR count). The fraction of sp³-hybridized carbons (Fsp3) is 0.160. The van der Waals surface area contributed by atoms with E-state index in [1.165, 1.54) is 4.68 Å². The molecule has 174 valence electrons. The lowest BCUT2D eigenvalue weighted by atomic mass is 10.2. The molecule has 0 unspecified atom stereocenters. The Morgan fingerprint density at radius 3 is 2.59 bits per heavy atom. The Kier molecular flexibility index (Phi) is 7.94. The first-order valence-electron chi connectivity index (χ1n) is 10.5. The second kappa shape index (κ2) is 10.9. The zero-order valence-corrected chi connectivity index (χ0v) is 21.9. The van der Waals surface area contributed by atoms with Crippen LogP contribution in [0.2, 0.25) is 15.1 Å². The first kappa shape index (κ1) is 24.7. The van der Waals surface area contributed by atoms with Crippen molar-refractivity contribution in [2.45, 2.75) is 26.4 Å². The molecule has 0 radical (unpaired) electrons. The van der Waals surface area contributed by atoms with Crippen LogP contribution in [0.1, 0.15) is 30.3 Å². The molecule has 0 bridgehead atoms. The third-order valence-corrected chi connectivity index (χ3v) is 6.53. The average Bonchev–Trinajstić information content (AvgIpc) is 2.81. The second-order valence-corrected chi connectivity index (χ2v) is 9.67. The molecule has 0 saturated carbocycles. The second-order valence-electron chi connectivity index (χ2n) is 7.53. The van der Waals surface area contributed by atoms with Crippen molar-refractivity contribution in [1.29, 1.82) is 0 Å². The molecule has 1 aromatic heterocycles. The number of halogens is 4. The van der Waals surface area contributed by atoms with Gasteiger partial charge < -0.3 is 4.74 Å². The summed E-state index contributed by atoms with van der Waals surface area (Å²) >= 11 is 21.8. The molecule has 0 aliphatic carbocycles. The topological polar surface area (TPSA) is 56.5 Å². The van der Waals surface area contributed by atoms with E-state index in [2.05, 4.69) is 26.0 Å². The Bertz CT molecular complexity index is 1450. The van der Waals surface area contributed by atoms with Gasteiger partial charge in [-0.1, -0.05) is 63.7 Å². The van der Waals surface area contributed by atoms with E-state index in [0.29, 0.717) is 44.0 Å². The predicted molar refractivity (Wildman–Crippen MR) is 143 cm³/mol. The number of nitrogens with zero attached hydrogens (tertiary/aromatic N) is 3. The fourth-order valence-corrected chi connectivity index (χ4v) is 4.25. The Morgan fingerprint density at radius 1 is 1.03 bits per heavy atom. The summed E-state index contributed by atoms with van der Waals surface area (Å²) in [5.74, 6) is 1.12. The van der Waals surface area contributed by atoms with Gasteiger partial charge in [-0.3, -0.25) is 4.79 Å². The number of fused-ring (bicyclic) bond motifs is 1. The van der Waals surface area contributed by atoms with E-state index >= 15 is 0 Å². The molecule has 0 aliphatic rings. The molecule has 0 amide bonds. The lowest BCUT2D eigenvalue weighted by Crippen LogP contribution is -2.22. The van der Waals surface area contributed by atoms with Crippen LogP contribution in [0.25, 0.3) is 10.9 Å². The number of aryl methyl sites for hydroxylation is 1. The summed E-state index contributed by atoms with van der Waals surface area (Å²) in [6.45, 7) is 2.32. The molecule has 0 spiro atoms. The number of rotatable bonds is 7. The average molecular weight is 580 g/mol. The van der Waals surface area contributed by atoms with Crippen molar-refractivity contribution < 1.29 is 4.74 Å². The SMILES string of the molecule is CCCc1nc2ccc(Br)cc2c(=O)n1N=Cc1ccc(OCc2ccc(Cl)c(Cl)c2)c(Cl)c1. The van der Waals surface area contributed by atoms with Gasteiger partial charge in [0, 0.05) is 10.9 Å². The number of hydrogen-bond acceptors (Lipinski definition) is 4. The van der Waals surface area contributed by atoms with Crippen LogP contribution in [0, 0.1) is 0 Å². The van der Waals surface area contributed by atoms with E-state index in [-0.39, 0.29) is 12.2 Å². The molecule has 0 saturated heterocycles. The lowest BCUT2D eigenvalue weighted by Gasteiger charge is -2.10. The van der Waals surface area contributed by atoms with Gasteiger partial charge in [0.2, 0.25) is 0 Å².